The average molecular weight is 331 g/mol. The minimum Gasteiger partial charge on any atom is -0.493 e. The first kappa shape index (κ1) is 17.9. The molecule has 0 aromatic heterocycles. The van der Waals surface area contributed by atoms with Crippen molar-refractivity contribution in [2.24, 2.45) is 0 Å². The quantitative estimate of drug-likeness (QED) is 0.805. The first-order valence-corrected chi connectivity index (χ1v) is 7.76. The largest absolute Gasteiger partial charge is 0.493 e. The second-order valence-electron chi connectivity index (χ2n) is 5.35. The summed E-state index contributed by atoms with van der Waals surface area (Å²) in [4.78, 5) is 0. The van der Waals surface area contributed by atoms with Crippen molar-refractivity contribution in [2.45, 2.75) is 12.5 Å². The molecule has 24 heavy (non-hydrogen) atoms. The van der Waals surface area contributed by atoms with Gasteiger partial charge in [-0.25, -0.2) is 0 Å². The number of benzene rings is 2. The summed E-state index contributed by atoms with van der Waals surface area (Å²) in [7, 11) is 8.51. The Bertz CT molecular complexity index is 672. The lowest BCUT2D eigenvalue weighted by molar-refractivity contribution is 0.353. The maximum Gasteiger partial charge on any atom is 0.161 e. The minimum atomic E-state index is 0.142. The van der Waals surface area contributed by atoms with Gasteiger partial charge in [0.2, 0.25) is 0 Å². The summed E-state index contributed by atoms with van der Waals surface area (Å²) in [6, 6.07) is 12.1. The monoisotopic (exact) mass is 331 g/mol. The zero-order valence-electron chi connectivity index (χ0n) is 14.9. The zero-order chi connectivity index (χ0) is 17.5. The van der Waals surface area contributed by atoms with E-state index in [1.807, 2.05) is 43.4 Å². The molecule has 130 valence electrons. The highest BCUT2D eigenvalue weighted by molar-refractivity contribution is 5.45. The lowest BCUT2D eigenvalue weighted by Gasteiger charge is -2.19. The Morgan fingerprint density at radius 3 is 1.83 bits per heavy atom. The predicted octanol–water partition coefficient (Wildman–Crippen LogP) is 3.22. The summed E-state index contributed by atoms with van der Waals surface area (Å²) in [5, 5.41) is 3.35. The van der Waals surface area contributed by atoms with Crippen LogP contribution in [0.25, 0.3) is 0 Å². The maximum absolute atomic E-state index is 5.40. The second kappa shape index (κ2) is 8.45. The third-order valence-electron chi connectivity index (χ3n) is 4.05. The number of hydrogen-bond donors (Lipinski definition) is 1. The molecule has 0 saturated heterocycles. The van der Waals surface area contributed by atoms with Crippen LogP contribution in [0.3, 0.4) is 0 Å². The molecular weight excluding hydrogens is 306 g/mol. The topological polar surface area (TPSA) is 49.0 Å². The Balaban J connectivity index is 2.26. The Labute approximate surface area is 143 Å². The van der Waals surface area contributed by atoms with Crippen molar-refractivity contribution >= 4 is 0 Å². The van der Waals surface area contributed by atoms with E-state index in [1.165, 1.54) is 0 Å². The van der Waals surface area contributed by atoms with Crippen molar-refractivity contribution in [3.8, 4) is 23.0 Å². The second-order valence-corrected chi connectivity index (χ2v) is 5.35. The number of rotatable bonds is 8. The molecule has 1 unspecified atom stereocenters. The van der Waals surface area contributed by atoms with Crippen molar-refractivity contribution < 1.29 is 18.9 Å². The number of ether oxygens (including phenoxy) is 4. The van der Waals surface area contributed by atoms with E-state index in [1.54, 1.807) is 28.4 Å². The molecule has 1 atom stereocenters. The van der Waals surface area contributed by atoms with Gasteiger partial charge in [-0.2, -0.15) is 0 Å². The smallest absolute Gasteiger partial charge is 0.161 e. The van der Waals surface area contributed by atoms with Crippen LogP contribution in [0.1, 0.15) is 17.2 Å². The fourth-order valence-corrected chi connectivity index (χ4v) is 2.70. The van der Waals surface area contributed by atoms with E-state index in [0.29, 0.717) is 0 Å². The van der Waals surface area contributed by atoms with Gasteiger partial charge in [0.1, 0.15) is 0 Å². The molecule has 0 aliphatic carbocycles. The van der Waals surface area contributed by atoms with Gasteiger partial charge < -0.3 is 24.3 Å². The van der Waals surface area contributed by atoms with E-state index in [-0.39, 0.29) is 6.04 Å². The summed E-state index contributed by atoms with van der Waals surface area (Å²) in [5.74, 6) is 2.91. The van der Waals surface area contributed by atoms with Gasteiger partial charge in [0.05, 0.1) is 28.4 Å². The highest BCUT2D eigenvalue weighted by atomic mass is 16.5. The molecule has 0 amide bonds. The van der Waals surface area contributed by atoms with Gasteiger partial charge in [-0.15, -0.1) is 0 Å². The molecule has 0 heterocycles. The summed E-state index contributed by atoms with van der Waals surface area (Å²) < 4.78 is 21.4. The Morgan fingerprint density at radius 1 is 0.750 bits per heavy atom. The van der Waals surface area contributed by atoms with Crippen LogP contribution in [0.5, 0.6) is 23.0 Å². The highest BCUT2D eigenvalue weighted by Gasteiger charge is 2.15. The van der Waals surface area contributed by atoms with E-state index in [0.717, 1.165) is 40.5 Å². The minimum absolute atomic E-state index is 0.142. The van der Waals surface area contributed by atoms with Gasteiger partial charge in [-0.05, 0) is 48.9 Å². The summed E-state index contributed by atoms with van der Waals surface area (Å²) in [6.07, 6.45) is 0.812. The van der Waals surface area contributed by atoms with E-state index < -0.39 is 0 Å². The molecule has 5 heteroatoms. The van der Waals surface area contributed by atoms with Crippen LogP contribution in [0.15, 0.2) is 36.4 Å². The third-order valence-corrected chi connectivity index (χ3v) is 4.05. The molecule has 0 aliphatic heterocycles. The van der Waals surface area contributed by atoms with Crippen LogP contribution < -0.4 is 24.3 Å². The molecule has 5 nitrogen and oxygen atoms in total. The highest BCUT2D eigenvalue weighted by Crippen LogP contribution is 2.32. The van der Waals surface area contributed by atoms with Crippen LogP contribution in [-0.4, -0.2) is 35.5 Å². The molecule has 0 aliphatic rings. The van der Waals surface area contributed by atoms with Crippen molar-refractivity contribution in [1.29, 1.82) is 0 Å². The third kappa shape index (κ3) is 3.92. The molecular formula is C19H25NO4. The fourth-order valence-electron chi connectivity index (χ4n) is 2.70. The van der Waals surface area contributed by atoms with Crippen LogP contribution in [0, 0.1) is 0 Å². The zero-order valence-corrected chi connectivity index (χ0v) is 14.9. The van der Waals surface area contributed by atoms with Crippen LogP contribution >= 0.6 is 0 Å². The molecule has 0 fully saturated rings. The molecule has 2 rings (SSSR count). The molecule has 2 aromatic carbocycles. The standard InChI is InChI=1S/C19H25NO4/c1-20-15(14-7-9-17(22-3)19(12-14)24-5)10-13-6-8-16(21-2)18(11-13)23-4/h6-9,11-12,15,20H,10H2,1-5H3. The van der Waals surface area contributed by atoms with Gasteiger partial charge in [0, 0.05) is 6.04 Å². The lowest BCUT2D eigenvalue weighted by Crippen LogP contribution is -2.19. The van der Waals surface area contributed by atoms with Crippen molar-refractivity contribution in [3.05, 3.63) is 47.5 Å². The van der Waals surface area contributed by atoms with Gasteiger partial charge >= 0.3 is 0 Å². The predicted molar refractivity (Wildman–Crippen MR) is 94.6 cm³/mol. The summed E-state index contributed by atoms with van der Waals surface area (Å²) in [5.41, 5.74) is 2.28. The maximum atomic E-state index is 5.40. The van der Waals surface area contributed by atoms with Crippen molar-refractivity contribution in [2.75, 3.05) is 35.5 Å². The number of likely N-dealkylation sites (N-methyl/N-ethyl adjacent to an activating group) is 1. The van der Waals surface area contributed by atoms with E-state index in [2.05, 4.69) is 5.32 Å². The Hall–Kier alpha value is -2.40. The van der Waals surface area contributed by atoms with E-state index >= 15 is 0 Å². The normalized spacial score (nSPS) is 11.7. The number of methoxy groups -OCH3 is 4. The van der Waals surface area contributed by atoms with E-state index in [4.69, 9.17) is 18.9 Å². The first-order valence-electron chi connectivity index (χ1n) is 7.76. The van der Waals surface area contributed by atoms with Crippen molar-refractivity contribution in [1.82, 2.24) is 5.32 Å². The molecule has 0 saturated carbocycles. The van der Waals surface area contributed by atoms with Crippen LogP contribution in [0.4, 0.5) is 0 Å². The Kier molecular flexibility index (Phi) is 6.32. The van der Waals surface area contributed by atoms with Crippen LogP contribution in [-0.2, 0) is 6.42 Å². The average Bonchev–Trinajstić information content (AvgIpc) is 2.65. The fraction of sp³-hybridized carbons (Fsp3) is 0.368. The van der Waals surface area contributed by atoms with Gasteiger partial charge in [0.25, 0.3) is 0 Å². The summed E-state index contributed by atoms with van der Waals surface area (Å²) in [6.45, 7) is 0. The van der Waals surface area contributed by atoms with Crippen LogP contribution in [0.2, 0.25) is 0 Å². The van der Waals surface area contributed by atoms with Crippen molar-refractivity contribution in [3.63, 3.8) is 0 Å². The molecule has 0 radical (unpaired) electrons. The SMILES string of the molecule is CNC(Cc1ccc(OC)c(OC)c1)c1ccc(OC)c(OC)c1. The molecule has 1 N–H and O–H groups in total. The van der Waals surface area contributed by atoms with Gasteiger partial charge in [-0.3, -0.25) is 0 Å². The molecule has 2 aromatic rings. The van der Waals surface area contributed by atoms with Gasteiger partial charge in [0.15, 0.2) is 23.0 Å². The molecule has 0 bridgehead atoms. The summed E-state index contributed by atoms with van der Waals surface area (Å²) >= 11 is 0. The van der Waals surface area contributed by atoms with Gasteiger partial charge in [-0.1, -0.05) is 12.1 Å². The van der Waals surface area contributed by atoms with E-state index in [9.17, 15) is 0 Å². The first-order chi connectivity index (χ1) is 11.7. The number of hydrogen-bond acceptors (Lipinski definition) is 5. The molecule has 0 spiro atoms. The number of nitrogens with one attached hydrogen (secondary N) is 1. The lowest BCUT2D eigenvalue weighted by atomic mass is 9.98. The Morgan fingerprint density at radius 2 is 1.29 bits per heavy atom.